The molecule has 6 heteroatoms. The van der Waals surface area contributed by atoms with E-state index in [4.69, 9.17) is 16.7 Å². The maximum absolute atomic E-state index is 8.81. The molecule has 0 amide bonds. The van der Waals surface area contributed by atoms with E-state index in [1.165, 1.54) is 0 Å². The van der Waals surface area contributed by atoms with Crippen LogP contribution in [-0.2, 0) is 13.1 Å². The van der Waals surface area contributed by atoms with Gasteiger partial charge in [0.05, 0.1) is 25.0 Å². The molecule has 1 aromatic heterocycles. The Hall–Kier alpha value is -1.04. The summed E-state index contributed by atoms with van der Waals surface area (Å²) in [6.07, 6.45) is 3.68. The number of hydrogen-bond donors (Lipinski definition) is 2. The molecule has 0 saturated heterocycles. The number of aliphatic hydroxyl groups excluding tert-OH is 1. The van der Waals surface area contributed by atoms with Gasteiger partial charge in [0.25, 0.3) is 0 Å². The van der Waals surface area contributed by atoms with Crippen LogP contribution in [0.3, 0.4) is 0 Å². The molecule has 2 rings (SSSR count). The molecule has 0 fully saturated rings. The molecule has 0 aliphatic rings. The zero-order valence-corrected chi connectivity index (χ0v) is 11.9. The molecule has 0 bridgehead atoms. The molecular weight excluding hydrogens is 318 g/mol. The molecule has 0 atom stereocenters. The van der Waals surface area contributed by atoms with Gasteiger partial charge in [-0.05, 0) is 34.1 Å². The highest BCUT2D eigenvalue weighted by Crippen LogP contribution is 2.26. The van der Waals surface area contributed by atoms with Crippen LogP contribution in [-0.4, -0.2) is 21.5 Å². The summed E-state index contributed by atoms with van der Waals surface area (Å²) in [5.74, 6) is 0. The molecule has 0 unspecified atom stereocenters. The molecule has 96 valence electrons. The summed E-state index contributed by atoms with van der Waals surface area (Å²) in [5, 5.41) is 16.9. The monoisotopic (exact) mass is 329 g/mol. The van der Waals surface area contributed by atoms with Gasteiger partial charge in [0.15, 0.2) is 0 Å². The molecule has 0 radical (unpaired) electrons. The van der Waals surface area contributed by atoms with E-state index in [1.807, 2.05) is 24.4 Å². The summed E-state index contributed by atoms with van der Waals surface area (Å²) in [6.45, 7) is 1.26. The molecule has 0 spiro atoms. The molecular formula is C12H13BrClN3O. The summed E-state index contributed by atoms with van der Waals surface area (Å²) in [5.41, 5.74) is 1.99. The van der Waals surface area contributed by atoms with Crippen molar-refractivity contribution in [2.45, 2.75) is 13.1 Å². The van der Waals surface area contributed by atoms with E-state index in [1.54, 1.807) is 10.9 Å². The fourth-order valence-electron chi connectivity index (χ4n) is 1.55. The Morgan fingerprint density at radius 3 is 3.06 bits per heavy atom. The zero-order chi connectivity index (χ0) is 13.0. The summed E-state index contributed by atoms with van der Waals surface area (Å²) >= 11 is 9.40. The summed E-state index contributed by atoms with van der Waals surface area (Å²) in [6, 6.07) is 5.60. The van der Waals surface area contributed by atoms with Crippen LogP contribution in [0.15, 0.2) is 35.1 Å². The van der Waals surface area contributed by atoms with Gasteiger partial charge in [0.1, 0.15) is 0 Å². The number of nitrogens with one attached hydrogen (secondary N) is 1. The molecule has 0 saturated carbocycles. The maximum atomic E-state index is 8.81. The minimum atomic E-state index is 0.0917. The van der Waals surface area contributed by atoms with Gasteiger partial charge in [-0.15, -0.1) is 0 Å². The third-order valence-electron chi connectivity index (χ3n) is 2.43. The minimum Gasteiger partial charge on any atom is -0.394 e. The summed E-state index contributed by atoms with van der Waals surface area (Å²) in [7, 11) is 0. The largest absolute Gasteiger partial charge is 0.394 e. The number of nitrogens with zero attached hydrogens (tertiary/aromatic N) is 2. The number of rotatable bonds is 5. The summed E-state index contributed by atoms with van der Waals surface area (Å²) in [4.78, 5) is 0. The van der Waals surface area contributed by atoms with Crippen LogP contribution in [0.25, 0.3) is 0 Å². The van der Waals surface area contributed by atoms with Crippen molar-refractivity contribution in [3.05, 3.63) is 45.7 Å². The van der Waals surface area contributed by atoms with E-state index in [0.29, 0.717) is 18.1 Å². The van der Waals surface area contributed by atoms with Crippen LogP contribution < -0.4 is 5.32 Å². The first-order valence-corrected chi connectivity index (χ1v) is 6.67. The Balaban J connectivity index is 1.99. The number of aliphatic hydroxyl groups is 1. The first-order valence-electron chi connectivity index (χ1n) is 5.50. The second-order valence-corrected chi connectivity index (χ2v) is 5.10. The number of benzene rings is 1. The summed E-state index contributed by atoms with van der Waals surface area (Å²) < 4.78 is 2.68. The fourth-order valence-corrected chi connectivity index (χ4v) is 2.11. The van der Waals surface area contributed by atoms with Gasteiger partial charge < -0.3 is 10.4 Å². The lowest BCUT2D eigenvalue weighted by molar-refractivity contribution is 0.269. The van der Waals surface area contributed by atoms with Crippen molar-refractivity contribution in [3.8, 4) is 0 Å². The lowest BCUT2D eigenvalue weighted by Gasteiger charge is -2.07. The van der Waals surface area contributed by atoms with Crippen LogP contribution in [0.2, 0.25) is 5.02 Å². The number of anilines is 1. The number of halogens is 2. The first-order chi connectivity index (χ1) is 8.69. The predicted molar refractivity (Wildman–Crippen MR) is 75.8 cm³/mol. The molecule has 1 aromatic carbocycles. The van der Waals surface area contributed by atoms with Crippen molar-refractivity contribution in [3.63, 3.8) is 0 Å². The highest BCUT2D eigenvalue weighted by molar-refractivity contribution is 9.10. The second-order valence-electron chi connectivity index (χ2n) is 3.81. The van der Waals surface area contributed by atoms with Gasteiger partial charge in [0.2, 0.25) is 0 Å². The molecule has 4 nitrogen and oxygen atoms in total. The van der Waals surface area contributed by atoms with Crippen molar-refractivity contribution in [1.29, 1.82) is 0 Å². The lowest BCUT2D eigenvalue weighted by atomic mass is 10.3. The van der Waals surface area contributed by atoms with Crippen molar-refractivity contribution < 1.29 is 5.11 Å². The third-order valence-corrected chi connectivity index (χ3v) is 3.35. The van der Waals surface area contributed by atoms with E-state index in [-0.39, 0.29) is 6.61 Å². The Bertz CT molecular complexity index is 530. The Morgan fingerprint density at radius 2 is 2.28 bits per heavy atom. The van der Waals surface area contributed by atoms with Crippen molar-refractivity contribution >= 4 is 33.2 Å². The standard InChI is InChI=1S/C12H13BrClN3O/c13-11-2-1-10(14)5-12(11)15-6-9-7-16-17(8-9)3-4-18/h1-2,5,7-8,15,18H,3-4,6H2. The minimum absolute atomic E-state index is 0.0917. The van der Waals surface area contributed by atoms with Crippen molar-refractivity contribution in [2.24, 2.45) is 0 Å². The molecule has 2 aromatic rings. The van der Waals surface area contributed by atoms with Gasteiger partial charge in [-0.25, -0.2) is 0 Å². The zero-order valence-electron chi connectivity index (χ0n) is 9.61. The number of hydrogen-bond acceptors (Lipinski definition) is 3. The Labute approximate surface area is 119 Å². The van der Waals surface area contributed by atoms with Crippen LogP contribution in [0, 0.1) is 0 Å². The van der Waals surface area contributed by atoms with Gasteiger partial charge in [0, 0.05) is 27.8 Å². The van der Waals surface area contributed by atoms with E-state index in [0.717, 1.165) is 15.7 Å². The predicted octanol–water partition coefficient (Wildman–Crippen LogP) is 2.90. The molecule has 2 N–H and O–H groups in total. The highest BCUT2D eigenvalue weighted by atomic mass is 79.9. The first kappa shape index (κ1) is 13.4. The van der Waals surface area contributed by atoms with E-state index in [2.05, 4.69) is 26.3 Å². The van der Waals surface area contributed by atoms with E-state index >= 15 is 0 Å². The molecule has 0 aliphatic carbocycles. The topological polar surface area (TPSA) is 50.1 Å². The van der Waals surface area contributed by atoms with Gasteiger partial charge in [-0.1, -0.05) is 11.6 Å². The van der Waals surface area contributed by atoms with Crippen molar-refractivity contribution in [2.75, 3.05) is 11.9 Å². The second kappa shape index (κ2) is 6.22. The highest BCUT2D eigenvalue weighted by Gasteiger charge is 2.02. The third kappa shape index (κ3) is 3.48. The van der Waals surface area contributed by atoms with Crippen LogP contribution in [0.5, 0.6) is 0 Å². The van der Waals surface area contributed by atoms with E-state index in [9.17, 15) is 0 Å². The van der Waals surface area contributed by atoms with Gasteiger partial charge in [-0.2, -0.15) is 5.10 Å². The molecule has 1 heterocycles. The van der Waals surface area contributed by atoms with Crippen molar-refractivity contribution in [1.82, 2.24) is 9.78 Å². The van der Waals surface area contributed by atoms with Gasteiger partial charge in [-0.3, -0.25) is 4.68 Å². The average molecular weight is 331 g/mol. The van der Waals surface area contributed by atoms with Crippen LogP contribution in [0.1, 0.15) is 5.56 Å². The Kier molecular flexibility index (Phi) is 4.63. The molecule has 18 heavy (non-hydrogen) atoms. The quantitative estimate of drug-likeness (QED) is 0.886. The normalized spacial score (nSPS) is 10.6. The molecule has 0 aliphatic heterocycles. The SMILES string of the molecule is OCCn1cc(CNc2cc(Cl)ccc2Br)cn1. The van der Waals surface area contributed by atoms with Gasteiger partial charge >= 0.3 is 0 Å². The maximum Gasteiger partial charge on any atom is 0.0640 e. The van der Waals surface area contributed by atoms with E-state index < -0.39 is 0 Å². The number of aromatic nitrogens is 2. The van der Waals surface area contributed by atoms with Crippen LogP contribution >= 0.6 is 27.5 Å². The lowest BCUT2D eigenvalue weighted by Crippen LogP contribution is -2.02. The smallest absolute Gasteiger partial charge is 0.0640 e. The average Bonchev–Trinajstić information content (AvgIpc) is 2.79. The fraction of sp³-hybridized carbons (Fsp3) is 0.250. The van der Waals surface area contributed by atoms with Crippen LogP contribution in [0.4, 0.5) is 5.69 Å². The Morgan fingerprint density at radius 1 is 1.44 bits per heavy atom.